The molecule has 3 aromatic rings. The standard InChI is InChI=1S/C34H43N3O3/c1-25(2)36(26(3)4)33(38)31-15-8-9-16-32(31)37(30-14-10-13-28(23-30)34-39-21-22-40-34)29-17-19-35(20-18-29)24-27-11-6-5-7-12-27/h5-16,23,25-26,29,34H,17-22,24H2,1-4H3. The van der Waals surface area contributed by atoms with Gasteiger partial charge in [-0.3, -0.25) is 9.69 Å². The molecule has 2 saturated heterocycles. The van der Waals surface area contributed by atoms with E-state index in [-0.39, 0.29) is 30.3 Å². The Morgan fingerprint density at radius 1 is 0.850 bits per heavy atom. The Kier molecular flexibility index (Phi) is 9.20. The maximum Gasteiger partial charge on any atom is 0.256 e. The second kappa shape index (κ2) is 13.0. The molecule has 2 heterocycles. The molecule has 6 heteroatoms. The lowest BCUT2D eigenvalue weighted by Gasteiger charge is -2.41. The van der Waals surface area contributed by atoms with Crippen molar-refractivity contribution in [3.8, 4) is 0 Å². The Balaban J connectivity index is 1.48. The number of hydrogen-bond donors (Lipinski definition) is 0. The minimum atomic E-state index is -0.344. The summed E-state index contributed by atoms with van der Waals surface area (Å²) in [7, 11) is 0. The van der Waals surface area contributed by atoms with Gasteiger partial charge in [-0.2, -0.15) is 0 Å². The van der Waals surface area contributed by atoms with E-state index in [1.807, 2.05) is 23.1 Å². The van der Waals surface area contributed by atoms with Gasteiger partial charge in [0.25, 0.3) is 5.91 Å². The zero-order valence-corrected chi connectivity index (χ0v) is 24.3. The summed E-state index contributed by atoms with van der Waals surface area (Å²) in [6, 6.07) is 27.8. The van der Waals surface area contributed by atoms with E-state index in [1.165, 1.54) is 5.56 Å². The first-order valence-corrected chi connectivity index (χ1v) is 14.7. The van der Waals surface area contributed by atoms with E-state index in [0.717, 1.165) is 55.0 Å². The molecule has 0 radical (unpaired) electrons. The van der Waals surface area contributed by atoms with Gasteiger partial charge in [0.2, 0.25) is 0 Å². The summed E-state index contributed by atoms with van der Waals surface area (Å²) in [6.07, 6.45) is 1.67. The van der Waals surface area contributed by atoms with Gasteiger partial charge >= 0.3 is 0 Å². The molecule has 0 bridgehead atoms. The fourth-order valence-electron chi connectivity index (χ4n) is 6.16. The van der Waals surface area contributed by atoms with E-state index < -0.39 is 0 Å². The van der Waals surface area contributed by atoms with E-state index in [2.05, 4.69) is 98.2 Å². The third-order valence-electron chi connectivity index (χ3n) is 7.95. The molecule has 1 amide bonds. The molecular weight excluding hydrogens is 498 g/mol. The molecule has 2 aliphatic rings. The topological polar surface area (TPSA) is 45.3 Å². The Morgan fingerprint density at radius 2 is 1.50 bits per heavy atom. The normalized spacial score (nSPS) is 17.1. The van der Waals surface area contributed by atoms with Crippen molar-refractivity contribution in [1.82, 2.24) is 9.80 Å². The highest BCUT2D eigenvalue weighted by Crippen LogP contribution is 2.37. The lowest BCUT2D eigenvalue weighted by Crippen LogP contribution is -2.45. The molecule has 0 atom stereocenters. The monoisotopic (exact) mass is 541 g/mol. The van der Waals surface area contributed by atoms with Gasteiger partial charge in [-0.05, 0) is 70.4 Å². The maximum atomic E-state index is 14.0. The fourth-order valence-corrected chi connectivity index (χ4v) is 6.16. The Hall–Kier alpha value is -3.19. The first-order chi connectivity index (χ1) is 19.4. The van der Waals surface area contributed by atoms with E-state index in [1.54, 1.807) is 0 Å². The van der Waals surface area contributed by atoms with Gasteiger partial charge in [0.05, 0.1) is 24.5 Å². The average Bonchev–Trinajstić information content (AvgIpc) is 3.50. The predicted octanol–water partition coefficient (Wildman–Crippen LogP) is 6.79. The molecule has 2 aliphatic heterocycles. The summed E-state index contributed by atoms with van der Waals surface area (Å²) in [6.45, 7) is 12.5. The second-order valence-electron chi connectivity index (χ2n) is 11.4. The van der Waals surface area contributed by atoms with Crippen molar-refractivity contribution in [3.05, 3.63) is 95.6 Å². The van der Waals surface area contributed by atoms with Crippen LogP contribution in [0.25, 0.3) is 0 Å². The predicted molar refractivity (Wildman–Crippen MR) is 161 cm³/mol. The average molecular weight is 542 g/mol. The maximum absolute atomic E-state index is 14.0. The van der Waals surface area contributed by atoms with Crippen molar-refractivity contribution in [2.24, 2.45) is 0 Å². The number of piperidine rings is 1. The van der Waals surface area contributed by atoms with Crippen LogP contribution in [0.2, 0.25) is 0 Å². The van der Waals surface area contributed by atoms with Crippen LogP contribution in [0.1, 0.15) is 68.3 Å². The zero-order chi connectivity index (χ0) is 28.1. The van der Waals surface area contributed by atoms with Crippen LogP contribution in [0.4, 0.5) is 11.4 Å². The van der Waals surface area contributed by atoms with E-state index in [9.17, 15) is 4.79 Å². The number of carbonyl (C=O) groups is 1. The largest absolute Gasteiger partial charge is 0.346 e. The third kappa shape index (κ3) is 6.41. The van der Waals surface area contributed by atoms with Crippen molar-refractivity contribution in [3.63, 3.8) is 0 Å². The van der Waals surface area contributed by atoms with Crippen LogP contribution < -0.4 is 4.90 Å². The first kappa shape index (κ1) is 28.3. The quantitative estimate of drug-likeness (QED) is 0.298. The van der Waals surface area contributed by atoms with E-state index in [0.29, 0.717) is 13.2 Å². The summed E-state index contributed by atoms with van der Waals surface area (Å²) < 4.78 is 11.7. The van der Waals surface area contributed by atoms with Gasteiger partial charge in [0.1, 0.15) is 0 Å². The van der Waals surface area contributed by atoms with Crippen LogP contribution in [0.3, 0.4) is 0 Å². The number of nitrogens with zero attached hydrogens (tertiary/aromatic N) is 3. The molecular formula is C34H43N3O3. The van der Waals surface area contributed by atoms with Gasteiger partial charge in [-0.25, -0.2) is 0 Å². The molecule has 212 valence electrons. The minimum Gasteiger partial charge on any atom is -0.346 e. The summed E-state index contributed by atoms with van der Waals surface area (Å²) >= 11 is 0. The number of benzene rings is 3. The summed E-state index contributed by atoms with van der Waals surface area (Å²) in [5.41, 5.74) is 5.14. The van der Waals surface area contributed by atoms with Gasteiger partial charge in [-0.15, -0.1) is 0 Å². The smallest absolute Gasteiger partial charge is 0.256 e. The lowest BCUT2D eigenvalue weighted by atomic mass is 9.98. The number of anilines is 2. The summed E-state index contributed by atoms with van der Waals surface area (Å²) in [5, 5.41) is 0. The molecule has 40 heavy (non-hydrogen) atoms. The molecule has 0 saturated carbocycles. The number of para-hydroxylation sites is 1. The molecule has 2 fully saturated rings. The van der Waals surface area contributed by atoms with Crippen molar-refractivity contribution in [1.29, 1.82) is 0 Å². The minimum absolute atomic E-state index is 0.0747. The molecule has 3 aromatic carbocycles. The van der Waals surface area contributed by atoms with Crippen LogP contribution in [-0.2, 0) is 16.0 Å². The lowest BCUT2D eigenvalue weighted by molar-refractivity contribution is -0.0440. The number of rotatable bonds is 9. The summed E-state index contributed by atoms with van der Waals surface area (Å²) in [5.74, 6) is 0.0747. The van der Waals surface area contributed by atoms with Gasteiger partial charge in [-0.1, -0.05) is 54.6 Å². The number of likely N-dealkylation sites (tertiary alicyclic amines) is 1. The molecule has 0 aliphatic carbocycles. The van der Waals surface area contributed by atoms with Crippen LogP contribution in [-0.4, -0.2) is 60.1 Å². The van der Waals surface area contributed by atoms with Crippen molar-refractivity contribution >= 4 is 17.3 Å². The molecule has 0 spiro atoms. The Labute approximate surface area is 239 Å². The zero-order valence-electron chi connectivity index (χ0n) is 24.3. The number of carbonyl (C=O) groups excluding carboxylic acids is 1. The molecule has 5 rings (SSSR count). The van der Waals surface area contributed by atoms with Gasteiger partial charge < -0.3 is 19.3 Å². The first-order valence-electron chi connectivity index (χ1n) is 14.7. The number of amides is 1. The highest BCUT2D eigenvalue weighted by molar-refractivity contribution is 6.01. The Morgan fingerprint density at radius 3 is 2.17 bits per heavy atom. The number of ether oxygens (including phenoxy) is 2. The second-order valence-corrected chi connectivity index (χ2v) is 11.4. The highest BCUT2D eigenvalue weighted by atomic mass is 16.7. The van der Waals surface area contributed by atoms with Crippen LogP contribution in [0.15, 0.2) is 78.9 Å². The van der Waals surface area contributed by atoms with Crippen LogP contribution >= 0.6 is 0 Å². The third-order valence-corrected chi connectivity index (χ3v) is 7.95. The van der Waals surface area contributed by atoms with Crippen LogP contribution in [0.5, 0.6) is 0 Å². The highest BCUT2D eigenvalue weighted by Gasteiger charge is 2.31. The van der Waals surface area contributed by atoms with Crippen molar-refractivity contribution < 1.29 is 14.3 Å². The Bertz CT molecular complexity index is 1240. The van der Waals surface area contributed by atoms with E-state index in [4.69, 9.17) is 9.47 Å². The SMILES string of the molecule is CC(C)N(C(=O)c1ccccc1N(c1cccc(C2OCCO2)c1)C1CCN(Cc2ccccc2)CC1)C(C)C. The molecule has 6 nitrogen and oxygen atoms in total. The number of hydrogen-bond acceptors (Lipinski definition) is 5. The van der Waals surface area contributed by atoms with Gasteiger partial charge in [0, 0.05) is 49.0 Å². The molecule has 0 N–H and O–H groups in total. The fraction of sp³-hybridized carbons (Fsp3) is 0.441. The van der Waals surface area contributed by atoms with Crippen molar-refractivity contribution in [2.75, 3.05) is 31.2 Å². The van der Waals surface area contributed by atoms with Gasteiger partial charge in [0.15, 0.2) is 6.29 Å². The molecule has 0 unspecified atom stereocenters. The summed E-state index contributed by atoms with van der Waals surface area (Å²) in [4.78, 5) is 21.0. The van der Waals surface area contributed by atoms with Crippen molar-refractivity contribution in [2.45, 2.75) is 71.5 Å². The van der Waals surface area contributed by atoms with Crippen LogP contribution in [0, 0.1) is 0 Å². The van der Waals surface area contributed by atoms with E-state index >= 15 is 0 Å². The molecule has 0 aromatic heterocycles.